The van der Waals surface area contributed by atoms with Gasteiger partial charge in [-0.2, -0.15) is 0 Å². The largest absolute Gasteiger partial charge is 0.379 e. The summed E-state index contributed by atoms with van der Waals surface area (Å²) in [7, 11) is 1.80. The first-order chi connectivity index (χ1) is 7.55. The lowest BCUT2D eigenvalue weighted by Gasteiger charge is -2.26. The molecule has 2 nitrogen and oxygen atoms in total. The Morgan fingerprint density at radius 1 is 1.12 bits per heavy atom. The summed E-state index contributed by atoms with van der Waals surface area (Å²) in [6, 6.07) is 0.672. The lowest BCUT2D eigenvalue weighted by molar-refractivity contribution is 0.0115. The Kier molecular flexibility index (Phi) is 8.96. The van der Waals surface area contributed by atoms with Crippen molar-refractivity contribution in [2.24, 2.45) is 0 Å². The van der Waals surface area contributed by atoms with E-state index in [2.05, 4.69) is 33.0 Å². The molecular weight excluding hydrogens is 198 g/mol. The molecule has 16 heavy (non-hydrogen) atoms. The van der Waals surface area contributed by atoms with Crippen molar-refractivity contribution in [2.45, 2.75) is 77.9 Å². The van der Waals surface area contributed by atoms with E-state index in [-0.39, 0.29) is 5.60 Å². The van der Waals surface area contributed by atoms with E-state index in [0.29, 0.717) is 6.04 Å². The molecule has 98 valence electrons. The van der Waals surface area contributed by atoms with Gasteiger partial charge in [-0.05, 0) is 39.7 Å². The van der Waals surface area contributed by atoms with E-state index in [0.717, 1.165) is 13.0 Å². The van der Waals surface area contributed by atoms with Crippen molar-refractivity contribution < 1.29 is 4.74 Å². The minimum atomic E-state index is 0.0262. The highest BCUT2D eigenvalue weighted by Crippen LogP contribution is 2.18. The second kappa shape index (κ2) is 9.00. The first kappa shape index (κ1) is 15.9. The van der Waals surface area contributed by atoms with E-state index in [1.807, 2.05) is 0 Å². The number of unbranched alkanes of at least 4 members (excludes halogenated alkanes) is 2. The molecular formula is C14H31NO. The van der Waals surface area contributed by atoms with Crippen LogP contribution in [0.25, 0.3) is 0 Å². The van der Waals surface area contributed by atoms with E-state index < -0.39 is 0 Å². The molecule has 0 rings (SSSR count). The van der Waals surface area contributed by atoms with Gasteiger partial charge in [0.05, 0.1) is 5.60 Å². The van der Waals surface area contributed by atoms with Crippen LogP contribution in [-0.4, -0.2) is 25.3 Å². The fourth-order valence-electron chi connectivity index (χ4n) is 1.90. The van der Waals surface area contributed by atoms with E-state index in [9.17, 15) is 0 Å². The van der Waals surface area contributed by atoms with Crippen LogP contribution in [0.5, 0.6) is 0 Å². The Morgan fingerprint density at radius 2 is 1.81 bits per heavy atom. The van der Waals surface area contributed by atoms with Crippen molar-refractivity contribution in [3.63, 3.8) is 0 Å². The average molecular weight is 229 g/mol. The topological polar surface area (TPSA) is 21.3 Å². The number of hydrogen-bond donors (Lipinski definition) is 1. The van der Waals surface area contributed by atoms with Crippen molar-refractivity contribution in [3.8, 4) is 0 Å². The van der Waals surface area contributed by atoms with Gasteiger partial charge in [0.2, 0.25) is 0 Å². The lowest BCUT2D eigenvalue weighted by Crippen LogP contribution is -2.32. The minimum Gasteiger partial charge on any atom is -0.379 e. The van der Waals surface area contributed by atoms with Gasteiger partial charge in [-0.1, -0.05) is 33.1 Å². The summed E-state index contributed by atoms with van der Waals surface area (Å²) in [6.07, 6.45) is 7.67. The number of rotatable bonds is 10. The van der Waals surface area contributed by atoms with Crippen LogP contribution in [0.4, 0.5) is 0 Å². The molecule has 0 amide bonds. The average Bonchev–Trinajstić information content (AvgIpc) is 2.26. The van der Waals surface area contributed by atoms with Gasteiger partial charge in [-0.15, -0.1) is 0 Å². The van der Waals surface area contributed by atoms with Gasteiger partial charge in [0.15, 0.2) is 0 Å². The third-order valence-electron chi connectivity index (χ3n) is 3.30. The fraction of sp³-hybridized carbons (Fsp3) is 1.00. The van der Waals surface area contributed by atoms with Gasteiger partial charge in [0.1, 0.15) is 0 Å². The van der Waals surface area contributed by atoms with Crippen LogP contribution in [0.15, 0.2) is 0 Å². The van der Waals surface area contributed by atoms with Gasteiger partial charge in [0, 0.05) is 13.2 Å². The Hall–Kier alpha value is -0.0800. The molecule has 0 saturated heterocycles. The zero-order chi connectivity index (χ0) is 12.4. The minimum absolute atomic E-state index is 0.0262. The van der Waals surface area contributed by atoms with Gasteiger partial charge in [0.25, 0.3) is 0 Å². The van der Waals surface area contributed by atoms with E-state index >= 15 is 0 Å². The van der Waals surface area contributed by atoms with Crippen LogP contribution >= 0.6 is 0 Å². The van der Waals surface area contributed by atoms with Crippen LogP contribution in [-0.2, 0) is 4.74 Å². The number of ether oxygens (including phenoxy) is 1. The van der Waals surface area contributed by atoms with Crippen LogP contribution in [0.2, 0.25) is 0 Å². The smallest absolute Gasteiger partial charge is 0.0623 e. The highest BCUT2D eigenvalue weighted by molar-refractivity contribution is 4.74. The first-order valence-electron chi connectivity index (χ1n) is 6.84. The highest BCUT2D eigenvalue weighted by atomic mass is 16.5. The van der Waals surface area contributed by atoms with E-state index in [1.54, 1.807) is 7.11 Å². The maximum Gasteiger partial charge on any atom is 0.0623 e. The number of nitrogens with one attached hydrogen (secondary N) is 1. The molecule has 0 aromatic carbocycles. The maximum absolute atomic E-state index is 5.46. The SMILES string of the molecule is CCCCCC(CCC(C)(C)OC)NCC. The molecule has 1 N–H and O–H groups in total. The summed E-state index contributed by atoms with van der Waals surface area (Å²) in [5, 5.41) is 3.58. The molecule has 0 radical (unpaired) electrons. The summed E-state index contributed by atoms with van der Waals surface area (Å²) >= 11 is 0. The van der Waals surface area contributed by atoms with Gasteiger partial charge in [-0.3, -0.25) is 0 Å². The van der Waals surface area contributed by atoms with Gasteiger partial charge < -0.3 is 10.1 Å². The molecule has 0 aliphatic carbocycles. The van der Waals surface area contributed by atoms with Gasteiger partial charge >= 0.3 is 0 Å². The standard InChI is InChI=1S/C14H31NO/c1-6-8-9-10-13(15-7-2)11-12-14(3,4)16-5/h13,15H,6-12H2,1-5H3. The monoisotopic (exact) mass is 229 g/mol. The van der Waals surface area contributed by atoms with E-state index in [1.165, 1.54) is 32.1 Å². The molecule has 0 aromatic heterocycles. The van der Waals surface area contributed by atoms with Crippen molar-refractivity contribution in [2.75, 3.05) is 13.7 Å². The summed E-state index contributed by atoms with van der Waals surface area (Å²) < 4.78 is 5.46. The summed E-state index contributed by atoms with van der Waals surface area (Å²) in [5.74, 6) is 0. The predicted molar refractivity (Wildman–Crippen MR) is 71.9 cm³/mol. The summed E-state index contributed by atoms with van der Waals surface area (Å²) in [5.41, 5.74) is 0.0262. The van der Waals surface area contributed by atoms with Crippen LogP contribution < -0.4 is 5.32 Å². The normalized spacial score (nSPS) is 14.1. The first-order valence-corrected chi connectivity index (χ1v) is 6.84. The van der Waals surface area contributed by atoms with Crippen LogP contribution in [0.3, 0.4) is 0 Å². The Bertz CT molecular complexity index is 157. The predicted octanol–water partition coefficient (Wildman–Crippen LogP) is 3.75. The summed E-state index contributed by atoms with van der Waals surface area (Å²) in [4.78, 5) is 0. The quantitative estimate of drug-likeness (QED) is 0.576. The Morgan fingerprint density at radius 3 is 2.31 bits per heavy atom. The van der Waals surface area contributed by atoms with Crippen molar-refractivity contribution >= 4 is 0 Å². The third kappa shape index (κ3) is 8.12. The second-order valence-electron chi connectivity index (χ2n) is 5.25. The molecule has 1 atom stereocenters. The second-order valence-corrected chi connectivity index (χ2v) is 5.25. The molecule has 0 aliphatic heterocycles. The third-order valence-corrected chi connectivity index (χ3v) is 3.30. The Balaban J connectivity index is 3.83. The van der Waals surface area contributed by atoms with Gasteiger partial charge in [-0.25, -0.2) is 0 Å². The maximum atomic E-state index is 5.46. The molecule has 1 unspecified atom stereocenters. The molecule has 0 fully saturated rings. The lowest BCUT2D eigenvalue weighted by atomic mass is 9.96. The molecule has 0 bridgehead atoms. The highest BCUT2D eigenvalue weighted by Gasteiger charge is 2.18. The molecule has 0 saturated carbocycles. The van der Waals surface area contributed by atoms with Crippen LogP contribution in [0, 0.1) is 0 Å². The van der Waals surface area contributed by atoms with Crippen LogP contribution in [0.1, 0.15) is 66.2 Å². The molecule has 0 heterocycles. The van der Waals surface area contributed by atoms with Crippen molar-refractivity contribution in [1.82, 2.24) is 5.32 Å². The van der Waals surface area contributed by atoms with Crippen molar-refractivity contribution in [3.05, 3.63) is 0 Å². The Labute approximate surface area is 102 Å². The number of methoxy groups -OCH3 is 1. The molecule has 0 spiro atoms. The summed E-state index contributed by atoms with van der Waals surface area (Å²) in [6.45, 7) is 9.86. The van der Waals surface area contributed by atoms with E-state index in [4.69, 9.17) is 4.74 Å². The molecule has 2 heteroatoms. The zero-order valence-electron chi connectivity index (χ0n) is 11.9. The number of hydrogen-bond acceptors (Lipinski definition) is 2. The fourth-order valence-corrected chi connectivity index (χ4v) is 1.90. The van der Waals surface area contributed by atoms with Crippen molar-refractivity contribution in [1.29, 1.82) is 0 Å². The molecule has 0 aliphatic rings. The zero-order valence-corrected chi connectivity index (χ0v) is 11.9. The molecule has 0 aromatic rings.